The Hall–Kier alpha value is -1.59. The lowest BCUT2D eigenvalue weighted by molar-refractivity contribution is -0.151. The van der Waals surface area contributed by atoms with E-state index in [2.05, 4.69) is 5.32 Å². The Morgan fingerprint density at radius 1 is 1.35 bits per heavy atom. The van der Waals surface area contributed by atoms with Gasteiger partial charge in [-0.25, -0.2) is 0 Å². The second-order valence-corrected chi connectivity index (χ2v) is 6.93. The number of benzene rings is 1. The number of ether oxygens (including phenoxy) is 1. The van der Waals surface area contributed by atoms with Crippen LogP contribution in [0, 0.1) is 12.3 Å². The van der Waals surface area contributed by atoms with E-state index in [9.17, 15) is 15.0 Å². The molecule has 0 radical (unpaired) electrons. The van der Waals surface area contributed by atoms with Crippen molar-refractivity contribution in [1.82, 2.24) is 5.32 Å². The van der Waals surface area contributed by atoms with Crippen LogP contribution in [0.1, 0.15) is 49.3 Å². The lowest BCUT2D eigenvalue weighted by Gasteiger charge is -2.37. The molecule has 0 amide bonds. The summed E-state index contributed by atoms with van der Waals surface area (Å²) in [5.41, 5.74) is 1.16. The summed E-state index contributed by atoms with van der Waals surface area (Å²) in [6.45, 7) is 2.72. The summed E-state index contributed by atoms with van der Waals surface area (Å²) in [5, 5.41) is 23.5. The Labute approximate surface area is 136 Å². The van der Waals surface area contributed by atoms with E-state index in [-0.39, 0.29) is 6.04 Å². The van der Waals surface area contributed by atoms with Crippen molar-refractivity contribution in [2.45, 2.75) is 51.2 Å². The van der Waals surface area contributed by atoms with Gasteiger partial charge in [0.2, 0.25) is 0 Å². The number of aryl methyl sites for hydroxylation is 1. The van der Waals surface area contributed by atoms with Crippen LogP contribution < -0.4 is 10.1 Å². The average molecular weight is 319 g/mol. The van der Waals surface area contributed by atoms with Crippen LogP contribution in [0.25, 0.3) is 0 Å². The second-order valence-electron chi connectivity index (χ2n) is 6.93. The molecule has 1 aliphatic carbocycles. The number of rotatable bonds is 4. The first-order valence-corrected chi connectivity index (χ1v) is 8.40. The van der Waals surface area contributed by atoms with Crippen LogP contribution in [-0.4, -0.2) is 35.4 Å². The van der Waals surface area contributed by atoms with Crippen molar-refractivity contribution in [1.29, 1.82) is 0 Å². The monoisotopic (exact) mass is 319 g/mol. The molecule has 2 atom stereocenters. The number of aliphatic hydroxyl groups is 1. The van der Waals surface area contributed by atoms with Gasteiger partial charge < -0.3 is 20.3 Å². The fourth-order valence-corrected chi connectivity index (χ4v) is 3.69. The van der Waals surface area contributed by atoms with E-state index in [1.807, 2.05) is 25.1 Å². The number of fused-ring (bicyclic) bond motifs is 1. The van der Waals surface area contributed by atoms with Gasteiger partial charge in [0.25, 0.3) is 0 Å². The van der Waals surface area contributed by atoms with E-state index in [1.54, 1.807) is 0 Å². The molecule has 2 aliphatic rings. The molecule has 1 aromatic rings. The molecule has 3 rings (SSSR count). The Bertz CT molecular complexity index is 580. The van der Waals surface area contributed by atoms with Crippen LogP contribution in [0.4, 0.5) is 0 Å². The molecular formula is C18H25NO4. The average Bonchev–Trinajstić information content (AvgIpc) is 2.55. The highest BCUT2D eigenvalue weighted by Gasteiger charge is 2.41. The number of aliphatic hydroxyl groups excluding tert-OH is 1. The summed E-state index contributed by atoms with van der Waals surface area (Å²) < 4.78 is 5.75. The van der Waals surface area contributed by atoms with Gasteiger partial charge in [0.15, 0.2) is 0 Å². The molecule has 1 saturated carbocycles. The lowest BCUT2D eigenvalue weighted by atomic mass is 9.74. The number of carboxylic acid groups (broad SMARTS) is 1. The van der Waals surface area contributed by atoms with E-state index < -0.39 is 17.5 Å². The Balaban J connectivity index is 1.69. The zero-order chi connectivity index (χ0) is 16.4. The molecule has 0 spiro atoms. The summed E-state index contributed by atoms with van der Waals surface area (Å²) >= 11 is 0. The number of aliphatic carboxylic acids is 1. The van der Waals surface area contributed by atoms with Crippen molar-refractivity contribution < 1.29 is 19.7 Å². The van der Waals surface area contributed by atoms with Crippen LogP contribution in [0.5, 0.6) is 5.75 Å². The molecule has 0 aromatic heterocycles. The summed E-state index contributed by atoms with van der Waals surface area (Å²) in [4.78, 5) is 11.7. The van der Waals surface area contributed by atoms with Gasteiger partial charge in [-0.3, -0.25) is 4.79 Å². The minimum Gasteiger partial charge on any atom is -0.491 e. The van der Waals surface area contributed by atoms with Crippen LogP contribution in [0.3, 0.4) is 0 Å². The Morgan fingerprint density at radius 2 is 2.09 bits per heavy atom. The van der Waals surface area contributed by atoms with E-state index in [0.29, 0.717) is 26.0 Å². The molecule has 3 N–H and O–H groups in total. The highest BCUT2D eigenvalue weighted by molar-refractivity contribution is 5.75. The third-order valence-corrected chi connectivity index (χ3v) is 5.25. The Kier molecular flexibility index (Phi) is 4.60. The smallest absolute Gasteiger partial charge is 0.310 e. The van der Waals surface area contributed by atoms with Gasteiger partial charge in [-0.05, 0) is 31.4 Å². The van der Waals surface area contributed by atoms with Crippen molar-refractivity contribution in [3.8, 4) is 5.75 Å². The summed E-state index contributed by atoms with van der Waals surface area (Å²) in [7, 11) is 0. The molecule has 23 heavy (non-hydrogen) atoms. The highest BCUT2D eigenvalue weighted by Crippen LogP contribution is 2.37. The molecule has 5 heteroatoms. The van der Waals surface area contributed by atoms with Crippen LogP contribution in [0.15, 0.2) is 18.2 Å². The SMILES string of the molecule is Cc1ccc2c(c1)OC[C@H](NCC1(C(=O)O)CCCCC1)[C@@H]2O. The number of hydrogen-bond donors (Lipinski definition) is 3. The number of hydrogen-bond acceptors (Lipinski definition) is 4. The van der Waals surface area contributed by atoms with Crippen molar-refractivity contribution in [2.24, 2.45) is 5.41 Å². The third-order valence-electron chi connectivity index (χ3n) is 5.25. The second kappa shape index (κ2) is 6.49. The van der Waals surface area contributed by atoms with Crippen molar-refractivity contribution >= 4 is 5.97 Å². The van der Waals surface area contributed by atoms with E-state index in [4.69, 9.17) is 4.74 Å². The third kappa shape index (κ3) is 3.21. The molecule has 0 unspecified atom stereocenters. The van der Waals surface area contributed by atoms with E-state index >= 15 is 0 Å². The van der Waals surface area contributed by atoms with Crippen molar-refractivity contribution in [2.75, 3.05) is 13.2 Å². The maximum absolute atomic E-state index is 11.7. The Morgan fingerprint density at radius 3 is 2.78 bits per heavy atom. The zero-order valence-electron chi connectivity index (χ0n) is 13.5. The highest BCUT2D eigenvalue weighted by atomic mass is 16.5. The molecule has 1 fully saturated rings. The zero-order valence-corrected chi connectivity index (χ0v) is 13.5. The summed E-state index contributed by atoms with van der Waals surface area (Å²) in [6.07, 6.45) is 3.76. The normalized spacial score (nSPS) is 26.2. The summed E-state index contributed by atoms with van der Waals surface area (Å²) in [6, 6.07) is 5.49. The first-order chi connectivity index (χ1) is 11.0. The van der Waals surface area contributed by atoms with E-state index in [1.165, 1.54) is 0 Å². The molecular weight excluding hydrogens is 294 g/mol. The maximum Gasteiger partial charge on any atom is 0.310 e. The van der Waals surface area contributed by atoms with Gasteiger partial charge in [0.1, 0.15) is 18.5 Å². The quantitative estimate of drug-likeness (QED) is 0.794. The molecule has 5 nitrogen and oxygen atoms in total. The fraction of sp³-hybridized carbons (Fsp3) is 0.611. The van der Waals surface area contributed by atoms with Gasteiger partial charge in [0.05, 0.1) is 11.5 Å². The first-order valence-electron chi connectivity index (χ1n) is 8.40. The van der Waals surface area contributed by atoms with Crippen LogP contribution in [0.2, 0.25) is 0 Å². The molecule has 0 saturated heterocycles. The van der Waals surface area contributed by atoms with Gasteiger partial charge in [-0.15, -0.1) is 0 Å². The largest absolute Gasteiger partial charge is 0.491 e. The van der Waals surface area contributed by atoms with Crippen molar-refractivity contribution in [3.63, 3.8) is 0 Å². The van der Waals surface area contributed by atoms with Gasteiger partial charge in [0, 0.05) is 12.1 Å². The summed E-state index contributed by atoms with van der Waals surface area (Å²) in [5.74, 6) is -0.00638. The predicted molar refractivity (Wildman–Crippen MR) is 86.6 cm³/mol. The number of nitrogens with one attached hydrogen (secondary N) is 1. The topological polar surface area (TPSA) is 78.8 Å². The minimum absolute atomic E-state index is 0.275. The number of carbonyl (C=O) groups is 1. The molecule has 126 valence electrons. The van der Waals surface area contributed by atoms with Crippen molar-refractivity contribution in [3.05, 3.63) is 29.3 Å². The lowest BCUT2D eigenvalue weighted by Crippen LogP contribution is -2.50. The predicted octanol–water partition coefficient (Wildman–Crippen LogP) is 2.41. The van der Waals surface area contributed by atoms with Gasteiger partial charge in [-0.2, -0.15) is 0 Å². The number of carboxylic acids is 1. The first kappa shape index (κ1) is 16.3. The molecule has 0 bridgehead atoms. The molecule has 1 aromatic carbocycles. The van der Waals surface area contributed by atoms with Crippen LogP contribution in [-0.2, 0) is 4.79 Å². The van der Waals surface area contributed by atoms with Crippen LogP contribution >= 0.6 is 0 Å². The standard InChI is InChI=1S/C18H25NO4/c1-12-5-6-13-15(9-12)23-10-14(16(13)20)19-11-18(17(21)22)7-3-2-4-8-18/h5-6,9,14,16,19-20H,2-4,7-8,10-11H2,1H3,(H,21,22)/t14-,16+/m0/s1. The molecule has 1 heterocycles. The van der Waals surface area contributed by atoms with Gasteiger partial charge in [-0.1, -0.05) is 31.4 Å². The van der Waals surface area contributed by atoms with Gasteiger partial charge >= 0.3 is 5.97 Å². The molecule has 1 aliphatic heterocycles. The van der Waals surface area contributed by atoms with E-state index in [0.717, 1.165) is 36.1 Å². The maximum atomic E-state index is 11.7. The fourth-order valence-electron chi connectivity index (χ4n) is 3.69. The minimum atomic E-state index is -0.730.